The van der Waals surface area contributed by atoms with Gasteiger partial charge in [-0.05, 0) is 43.0 Å². The summed E-state index contributed by atoms with van der Waals surface area (Å²) in [6.07, 6.45) is 1.15. The molecule has 1 unspecified atom stereocenters. The van der Waals surface area contributed by atoms with Gasteiger partial charge in [0.05, 0.1) is 0 Å². The predicted molar refractivity (Wildman–Crippen MR) is 78.3 cm³/mol. The van der Waals surface area contributed by atoms with Crippen molar-refractivity contribution in [3.63, 3.8) is 0 Å². The van der Waals surface area contributed by atoms with Crippen LogP contribution in [0.4, 0.5) is 0 Å². The average molecular weight is 246 g/mol. The minimum atomic E-state index is 0.602. The Kier molecular flexibility index (Phi) is 4.41. The van der Waals surface area contributed by atoms with Crippen molar-refractivity contribution in [2.75, 3.05) is 26.7 Å². The molecule has 1 aromatic carbocycles. The maximum absolute atomic E-state index is 3.63. The fourth-order valence-corrected chi connectivity index (χ4v) is 2.66. The summed E-state index contributed by atoms with van der Waals surface area (Å²) in [5, 5.41) is 3.63. The number of nitrogens with zero attached hydrogens (tertiary/aromatic N) is 1. The van der Waals surface area contributed by atoms with Crippen molar-refractivity contribution in [3.05, 3.63) is 34.9 Å². The summed E-state index contributed by atoms with van der Waals surface area (Å²) in [4.78, 5) is 2.42. The van der Waals surface area contributed by atoms with E-state index in [1.165, 1.54) is 23.2 Å². The third kappa shape index (κ3) is 3.33. The van der Waals surface area contributed by atoms with Crippen molar-refractivity contribution in [1.29, 1.82) is 0 Å². The second-order valence-electron chi connectivity index (χ2n) is 5.96. The molecule has 1 aromatic rings. The quantitative estimate of drug-likeness (QED) is 0.882. The first kappa shape index (κ1) is 13.6. The van der Waals surface area contributed by atoms with E-state index in [4.69, 9.17) is 0 Å². The molecule has 1 aliphatic rings. The summed E-state index contributed by atoms with van der Waals surface area (Å²) in [5.41, 5.74) is 4.39. The minimum Gasteiger partial charge on any atom is -0.311 e. The summed E-state index contributed by atoms with van der Waals surface area (Å²) in [5.74, 6) is 0.617. The first-order valence-corrected chi connectivity index (χ1v) is 7.07. The molecule has 0 amide bonds. The number of nitrogens with one attached hydrogen (secondary N) is 1. The van der Waals surface area contributed by atoms with Crippen LogP contribution in [-0.4, -0.2) is 37.6 Å². The van der Waals surface area contributed by atoms with Gasteiger partial charge in [0.15, 0.2) is 0 Å². The number of hydrogen-bond acceptors (Lipinski definition) is 2. The first-order chi connectivity index (χ1) is 8.56. The van der Waals surface area contributed by atoms with Crippen LogP contribution in [-0.2, 0) is 6.42 Å². The molecule has 0 bridgehead atoms. The predicted octanol–water partition coefficient (Wildman–Crippen LogP) is 2.56. The smallest absolute Gasteiger partial charge is 0.0235 e. The molecule has 0 saturated carbocycles. The highest BCUT2D eigenvalue weighted by Crippen LogP contribution is 2.20. The number of piperazine rings is 1. The largest absolute Gasteiger partial charge is 0.311 e. The normalized spacial score (nSPS) is 21.5. The Morgan fingerprint density at radius 3 is 2.83 bits per heavy atom. The van der Waals surface area contributed by atoms with E-state index in [1.54, 1.807) is 0 Å². The van der Waals surface area contributed by atoms with E-state index in [1.807, 2.05) is 0 Å². The minimum absolute atomic E-state index is 0.602. The standard InChI is InChI=1S/C16H26N2/c1-12(2)14-6-5-13(3)15(9-14)10-16-11-18(4)8-7-17-16/h5-6,9,12,16-17H,7-8,10-11H2,1-4H3. The highest BCUT2D eigenvalue weighted by molar-refractivity contribution is 5.33. The van der Waals surface area contributed by atoms with Gasteiger partial charge in [0, 0.05) is 25.7 Å². The maximum atomic E-state index is 3.63. The van der Waals surface area contributed by atoms with Gasteiger partial charge in [-0.2, -0.15) is 0 Å². The molecule has 1 aliphatic heterocycles. The third-order valence-electron chi connectivity index (χ3n) is 3.96. The number of benzene rings is 1. The van der Waals surface area contributed by atoms with Gasteiger partial charge in [-0.15, -0.1) is 0 Å². The van der Waals surface area contributed by atoms with E-state index in [0.29, 0.717) is 12.0 Å². The van der Waals surface area contributed by atoms with Gasteiger partial charge in [-0.3, -0.25) is 0 Å². The molecule has 18 heavy (non-hydrogen) atoms. The lowest BCUT2D eigenvalue weighted by molar-refractivity contribution is 0.238. The number of aryl methyl sites for hydroxylation is 1. The van der Waals surface area contributed by atoms with Gasteiger partial charge < -0.3 is 10.2 Å². The Balaban J connectivity index is 2.10. The van der Waals surface area contributed by atoms with Crippen molar-refractivity contribution in [2.45, 2.75) is 39.2 Å². The van der Waals surface area contributed by atoms with Crippen LogP contribution >= 0.6 is 0 Å². The Hall–Kier alpha value is -0.860. The van der Waals surface area contributed by atoms with Crippen LogP contribution in [0.1, 0.15) is 36.5 Å². The molecule has 1 N–H and O–H groups in total. The molecule has 0 aromatic heterocycles. The van der Waals surface area contributed by atoms with Crippen molar-refractivity contribution >= 4 is 0 Å². The lowest BCUT2D eigenvalue weighted by Crippen LogP contribution is -2.50. The van der Waals surface area contributed by atoms with E-state index in [0.717, 1.165) is 19.5 Å². The molecule has 0 radical (unpaired) electrons. The molecule has 1 saturated heterocycles. The topological polar surface area (TPSA) is 15.3 Å². The Labute approximate surface area is 111 Å². The van der Waals surface area contributed by atoms with Crippen LogP contribution in [0.15, 0.2) is 18.2 Å². The lowest BCUT2D eigenvalue weighted by Gasteiger charge is -2.31. The summed E-state index contributed by atoms with van der Waals surface area (Å²) < 4.78 is 0. The van der Waals surface area contributed by atoms with Gasteiger partial charge in [-0.1, -0.05) is 32.0 Å². The summed E-state index contributed by atoms with van der Waals surface area (Å²) in [7, 11) is 2.21. The fraction of sp³-hybridized carbons (Fsp3) is 0.625. The van der Waals surface area contributed by atoms with Gasteiger partial charge in [0.25, 0.3) is 0 Å². The highest BCUT2D eigenvalue weighted by Gasteiger charge is 2.17. The van der Waals surface area contributed by atoms with E-state index in [9.17, 15) is 0 Å². The van der Waals surface area contributed by atoms with E-state index in [-0.39, 0.29) is 0 Å². The number of likely N-dealkylation sites (N-methyl/N-ethyl adjacent to an activating group) is 1. The molecular formula is C16H26N2. The summed E-state index contributed by atoms with van der Waals surface area (Å²) in [6, 6.07) is 7.54. The second kappa shape index (κ2) is 5.85. The first-order valence-electron chi connectivity index (χ1n) is 7.07. The van der Waals surface area contributed by atoms with Gasteiger partial charge >= 0.3 is 0 Å². The van der Waals surface area contributed by atoms with Crippen LogP contribution in [0.25, 0.3) is 0 Å². The Morgan fingerprint density at radius 1 is 1.39 bits per heavy atom. The zero-order valence-corrected chi connectivity index (χ0v) is 12.2. The van der Waals surface area contributed by atoms with Crippen LogP contribution in [0.3, 0.4) is 0 Å². The maximum Gasteiger partial charge on any atom is 0.0235 e. The number of hydrogen-bond donors (Lipinski definition) is 1. The SMILES string of the molecule is Cc1ccc(C(C)C)cc1CC1CN(C)CCN1. The monoisotopic (exact) mass is 246 g/mol. The van der Waals surface area contributed by atoms with Crippen LogP contribution in [0.2, 0.25) is 0 Å². The third-order valence-corrected chi connectivity index (χ3v) is 3.96. The highest BCUT2D eigenvalue weighted by atomic mass is 15.2. The molecule has 2 nitrogen and oxygen atoms in total. The zero-order chi connectivity index (χ0) is 13.1. The van der Waals surface area contributed by atoms with Crippen LogP contribution in [0, 0.1) is 6.92 Å². The Bertz CT molecular complexity index is 398. The summed E-state index contributed by atoms with van der Waals surface area (Å²) >= 11 is 0. The van der Waals surface area contributed by atoms with Gasteiger partial charge in [0.2, 0.25) is 0 Å². The molecular weight excluding hydrogens is 220 g/mol. The van der Waals surface area contributed by atoms with Crippen molar-refractivity contribution < 1.29 is 0 Å². The van der Waals surface area contributed by atoms with E-state index < -0.39 is 0 Å². The van der Waals surface area contributed by atoms with E-state index >= 15 is 0 Å². The van der Waals surface area contributed by atoms with Gasteiger partial charge in [-0.25, -0.2) is 0 Å². The Morgan fingerprint density at radius 2 is 2.17 bits per heavy atom. The zero-order valence-electron chi connectivity index (χ0n) is 12.2. The molecule has 2 heteroatoms. The van der Waals surface area contributed by atoms with Crippen molar-refractivity contribution in [3.8, 4) is 0 Å². The fourth-order valence-electron chi connectivity index (χ4n) is 2.66. The van der Waals surface area contributed by atoms with Crippen LogP contribution in [0.5, 0.6) is 0 Å². The lowest BCUT2D eigenvalue weighted by atomic mass is 9.94. The van der Waals surface area contributed by atoms with E-state index in [2.05, 4.69) is 56.2 Å². The molecule has 100 valence electrons. The van der Waals surface area contributed by atoms with Crippen molar-refractivity contribution in [1.82, 2.24) is 10.2 Å². The molecule has 1 heterocycles. The molecule has 0 aliphatic carbocycles. The van der Waals surface area contributed by atoms with Crippen molar-refractivity contribution in [2.24, 2.45) is 0 Å². The molecule has 1 atom stereocenters. The van der Waals surface area contributed by atoms with Gasteiger partial charge in [0.1, 0.15) is 0 Å². The molecule has 1 fully saturated rings. The second-order valence-corrected chi connectivity index (χ2v) is 5.96. The number of rotatable bonds is 3. The average Bonchev–Trinajstić information content (AvgIpc) is 2.31. The van der Waals surface area contributed by atoms with Crippen LogP contribution < -0.4 is 5.32 Å². The molecule has 0 spiro atoms. The molecule has 2 rings (SSSR count). The summed E-state index contributed by atoms with van der Waals surface area (Å²) in [6.45, 7) is 10.2.